The topological polar surface area (TPSA) is 211 Å². The number of amides is 4. The van der Waals surface area contributed by atoms with Crippen LogP contribution in [0.1, 0.15) is 127 Å². The summed E-state index contributed by atoms with van der Waals surface area (Å²) in [5, 5.41) is 15.0. The molecule has 1 heterocycles. The lowest BCUT2D eigenvalue weighted by Crippen LogP contribution is -2.58. The number of aryl methyl sites for hydroxylation is 1. The standard InChI is InChI=1S/C54H75N5O10/c1-36(2)21-25-44(50(63)54(7)35-68-54)57-53(66)47(33-41-18-12-9-13-19-41)59-52(65)46(26-22-37(3)4)58-51(64)45(27-23-40-16-10-8-11-17-40)56-49(62)20-14-15-30-67-31-29-55-34-42-24-28-48(69-39(6)61)43(32-42)38(5)60/h8-13,16-19,24,28,32,36-37,44-47,55H,14-15,20-23,25-27,29-31,33-35H2,1-7H3,(H,56,62)(H,57,66)(H,58,64)(H,59,65). The number of carbonyl (C=O) groups excluding carboxylic acids is 7. The Morgan fingerprint density at radius 1 is 0.638 bits per heavy atom. The quantitative estimate of drug-likeness (QED) is 0.0158. The van der Waals surface area contributed by atoms with Crippen LogP contribution in [-0.4, -0.2) is 97.3 Å². The van der Waals surface area contributed by atoms with E-state index >= 15 is 0 Å². The normalized spacial score (nSPS) is 15.9. The molecule has 3 aromatic rings. The Balaban J connectivity index is 1.36. The molecule has 376 valence electrons. The second-order valence-corrected chi connectivity index (χ2v) is 19.1. The SMILES string of the molecule is CC(=O)Oc1ccc(CNCCOCCCCC(=O)NC(CCc2ccccc2)C(=O)NC(CCC(C)C)C(=O)NC(Cc2ccccc2)C(=O)NC(CCC(C)C)C(=O)C2(C)CO2)cc1C(C)=O. The van der Waals surface area contributed by atoms with Crippen molar-refractivity contribution in [2.45, 2.75) is 149 Å². The van der Waals surface area contributed by atoms with Gasteiger partial charge in [0.15, 0.2) is 11.6 Å². The highest BCUT2D eigenvalue weighted by Crippen LogP contribution is 2.30. The number of esters is 1. The number of epoxide rings is 1. The molecule has 0 aliphatic carbocycles. The third-order valence-electron chi connectivity index (χ3n) is 11.9. The summed E-state index contributed by atoms with van der Waals surface area (Å²) in [6.45, 7) is 14.7. The Morgan fingerprint density at radius 2 is 1.20 bits per heavy atom. The molecule has 1 saturated heterocycles. The van der Waals surface area contributed by atoms with Crippen molar-refractivity contribution >= 4 is 41.2 Å². The van der Waals surface area contributed by atoms with Crippen LogP contribution in [0, 0.1) is 11.8 Å². The lowest BCUT2D eigenvalue weighted by atomic mass is 9.93. The van der Waals surface area contributed by atoms with Crippen molar-refractivity contribution in [3.05, 3.63) is 101 Å². The number of ether oxygens (including phenoxy) is 3. The molecule has 1 fully saturated rings. The lowest BCUT2D eigenvalue weighted by molar-refractivity contribution is -0.135. The van der Waals surface area contributed by atoms with Crippen molar-refractivity contribution in [1.82, 2.24) is 26.6 Å². The molecule has 0 saturated carbocycles. The fourth-order valence-corrected chi connectivity index (χ4v) is 7.70. The van der Waals surface area contributed by atoms with E-state index in [1.165, 1.54) is 13.8 Å². The first kappa shape index (κ1) is 55.8. The zero-order valence-corrected chi connectivity index (χ0v) is 41.7. The van der Waals surface area contributed by atoms with Crippen molar-refractivity contribution in [3.63, 3.8) is 0 Å². The Labute approximate surface area is 408 Å². The molecule has 5 N–H and O–H groups in total. The first-order valence-electron chi connectivity index (χ1n) is 24.5. The lowest BCUT2D eigenvalue weighted by Gasteiger charge is -2.27. The fraction of sp³-hybridized carbons (Fsp3) is 0.537. The molecule has 0 aromatic heterocycles. The molecule has 15 heteroatoms. The van der Waals surface area contributed by atoms with Crippen LogP contribution in [0.3, 0.4) is 0 Å². The minimum Gasteiger partial charge on any atom is -0.426 e. The summed E-state index contributed by atoms with van der Waals surface area (Å²) in [7, 11) is 0. The van der Waals surface area contributed by atoms with Gasteiger partial charge in [0.25, 0.3) is 0 Å². The third-order valence-corrected chi connectivity index (χ3v) is 11.9. The highest BCUT2D eigenvalue weighted by Gasteiger charge is 2.50. The molecule has 3 aromatic carbocycles. The van der Waals surface area contributed by atoms with E-state index in [9.17, 15) is 33.6 Å². The van der Waals surface area contributed by atoms with Crippen LogP contribution in [0.4, 0.5) is 0 Å². The van der Waals surface area contributed by atoms with Gasteiger partial charge < -0.3 is 40.8 Å². The maximum Gasteiger partial charge on any atom is 0.308 e. The van der Waals surface area contributed by atoms with Crippen LogP contribution >= 0.6 is 0 Å². The second kappa shape index (κ2) is 28.7. The summed E-state index contributed by atoms with van der Waals surface area (Å²) < 4.78 is 16.4. The number of rotatable bonds is 32. The smallest absolute Gasteiger partial charge is 0.308 e. The van der Waals surface area contributed by atoms with Gasteiger partial charge in [0.05, 0.1) is 24.8 Å². The van der Waals surface area contributed by atoms with E-state index in [2.05, 4.69) is 40.4 Å². The number of ketones is 2. The zero-order valence-electron chi connectivity index (χ0n) is 41.7. The summed E-state index contributed by atoms with van der Waals surface area (Å²) in [6, 6.07) is 20.2. The van der Waals surface area contributed by atoms with Crippen LogP contribution in [0.5, 0.6) is 5.75 Å². The molecule has 0 bridgehead atoms. The van der Waals surface area contributed by atoms with Gasteiger partial charge in [0, 0.05) is 39.5 Å². The largest absolute Gasteiger partial charge is 0.426 e. The molecule has 4 amide bonds. The van der Waals surface area contributed by atoms with Gasteiger partial charge in [0.2, 0.25) is 23.6 Å². The molecule has 0 spiro atoms. The first-order chi connectivity index (χ1) is 32.9. The number of hydrogen-bond acceptors (Lipinski definition) is 11. The van der Waals surface area contributed by atoms with Crippen LogP contribution in [0.15, 0.2) is 78.9 Å². The van der Waals surface area contributed by atoms with Crippen molar-refractivity contribution in [3.8, 4) is 5.75 Å². The minimum absolute atomic E-state index is 0.153. The van der Waals surface area contributed by atoms with E-state index in [4.69, 9.17) is 14.2 Å². The Bertz CT molecular complexity index is 2140. The van der Waals surface area contributed by atoms with Gasteiger partial charge in [-0.15, -0.1) is 0 Å². The van der Waals surface area contributed by atoms with E-state index in [1.807, 2.05) is 74.5 Å². The predicted molar refractivity (Wildman–Crippen MR) is 264 cm³/mol. The van der Waals surface area contributed by atoms with E-state index in [1.54, 1.807) is 25.1 Å². The van der Waals surface area contributed by atoms with Crippen LogP contribution < -0.4 is 31.3 Å². The number of unbranched alkanes of at least 4 members (excludes halogenated alkanes) is 1. The maximum atomic E-state index is 14.3. The van der Waals surface area contributed by atoms with Gasteiger partial charge in [0.1, 0.15) is 29.5 Å². The van der Waals surface area contributed by atoms with Crippen LogP contribution in [0.2, 0.25) is 0 Å². The monoisotopic (exact) mass is 954 g/mol. The molecule has 1 aliphatic heterocycles. The molecule has 1 aliphatic rings. The number of carbonyl (C=O) groups is 7. The number of nitrogens with one attached hydrogen (secondary N) is 5. The zero-order chi connectivity index (χ0) is 50.3. The first-order valence-corrected chi connectivity index (χ1v) is 24.5. The van der Waals surface area contributed by atoms with Crippen molar-refractivity contribution in [2.75, 3.05) is 26.4 Å². The Kier molecular flexibility index (Phi) is 23.2. The van der Waals surface area contributed by atoms with E-state index in [0.29, 0.717) is 82.7 Å². The summed E-state index contributed by atoms with van der Waals surface area (Å²) in [5.41, 5.74) is 2.04. The van der Waals surface area contributed by atoms with E-state index in [-0.39, 0.29) is 55.0 Å². The predicted octanol–water partition coefficient (Wildman–Crippen LogP) is 6.14. The molecular weight excluding hydrogens is 879 g/mol. The Hall–Kier alpha value is -5.77. The summed E-state index contributed by atoms with van der Waals surface area (Å²) in [6.07, 6.45) is 4.27. The van der Waals surface area contributed by atoms with Crippen molar-refractivity contribution in [1.29, 1.82) is 0 Å². The average molecular weight is 954 g/mol. The third kappa shape index (κ3) is 20.4. The second-order valence-electron chi connectivity index (χ2n) is 19.1. The van der Waals surface area contributed by atoms with Gasteiger partial charge >= 0.3 is 5.97 Å². The molecule has 4 rings (SSSR count). The van der Waals surface area contributed by atoms with Crippen LogP contribution in [0.25, 0.3) is 0 Å². The van der Waals surface area contributed by atoms with Crippen LogP contribution in [-0.2, 0) is 57.6 Å². The highest BCUT2D eigenvalue weighted by atomic mass is 16.6. The van der Waals surface area contributed by atoms with E-state index in [0.717, 1.165) is 16.7 Å². The van der Waals surface area contributed by atoms with Crippen molar-refractivity contribution < 1.29 is 47.8 Å². The van der Waals surface area contributed by atoms with Gasteiger partial charge in [-0.05, 0) is 106 Å². The van der Waals surface area contributed by atoms with Gasteiger partial charge in [-0.25, -0.2) is 0 Å². The fourth-order valence-electron chi connectivity index (χ4n) is 7.70. The molecule has 5 unspecified atom stereocenters. The summed E-state index contributed by atoms with van der Waals surface area (Å²) >= 11 is 0. The molecular formula is C54H75N5O10. The molecule has 0 radical (unpaired) electrons. The van der Waals surface area contributed by atoms with E-state index < -0.39 is 53.5 Å². The molecule has 15 nitrogen and oxygen atoms in total. The number of hydrogen-bond donors (Lipinski definition) is 5. The Morgan fingerprint density at radius 3 is 1.80 bits per heavy atom. The average Bonchev–Trinajstić information content (AvgIpc) is 4.07. The summed E-state index contributed by atoms with van der Waals surface area (Å²) in [5.74, 6) is -2.02. The van der Waals surface area contributed by atoms with Gasteiger partial charge in [-0.2, -0.15) is 0 Å². The van der Waals surface area contributed by atoms with Gasteiger partial charge in [-0.3, -0.25) is 33.6 Å². The highest BCUT2D eigenvalue weighted by molar-refractivity contribution is 5.99. The molecule has 5 atom stereocenters. The van der Waals surface area contributed by atoms with Crippen molar-refractivity contribution in [2.24, 2.45) is 11.8 Å². The number of benzene rings is 3. The maximum absolute atomic E-state index is 14.3. The number of Topliss-reactive ketones (excluding diaryl/α,β-unsaturated/α-hetero) is 2. The minimum atomic E-state index is -1.06. The molecule has 69 heavy (non-hydrogen) atoms. The van der Waals surface area contributed by atoms with Gasteiger partial charge in [-0.1, -0.05) is 94.4 Å². The summed E-state index contributed by atoms with van der Waals surface area (Å²) in [4.78, 5) is 93.1.